The molecule has 1 unspecified atom stereocenters. The maximum atomic E-state index is 12.8. The lowest BCUT2D eigenvalue weighted by molar-refractivity contribution is -0.115. The summed E-state index contributed by atoms with van der Waals surface area (Å²) in [6.07, 6.45) is 0. The molecular weight excluding hydrogens is 468 g/mol. The van der Waals surface area contributed by atoms with Crippen LogP contribution < -0.4 is 29.6 Å². The number of thioether (sulfide) groups is 1. The van der Waals surface area contributed by atoms with Gasteiger partial charge in [-0.3, -0.25) is 9.59 Å². The fraction of sp³-hybridized carbons (Fsp3) is 0.231. The van der Waals surface area contributed by atoms with Gasteiger partial charge in [-0.1, -0.05) is 6.07 Å². The molecule has 2 N–H and O–H groups in total. The summed E-state index contributed by atoms with van der Waals surface area (Å²) >= 11 is 1.37. The predicted molar refractivity (Wildman–Crippen MR) is 137 cm³/mol. The zero-order valence-corrected chi connectivity index (χ0v) is 21.0. The number of carbonyl (C=O) groups excluding carboxylic acids is 2. The van der Waals surface area contributed by atoms with Crippen LogP contribution in [0.3, 0.4) is 0 Å². The van der Waals surface area contributed by atoms with Crippen LogP contribution in [0.1, 0.15) is 17.3 Å². The molecule has 35 heavy (non-hydrogen) atoms. The van der Waals surface area contributed by atoms with Gasteiger partial charge in [0, 0.05) is 22.2 Å². The summed E-state index contributed by atoms with van der Waals surface area (Å²) in [6.45, 7) is 1.81. The van der Waals surface area contributed by atoms with E-state index in [9.17, 15) is 9.59 Å². The van der Waals surface area contributed by atoms with Crippen LogP contribution in [0.15, 0.2) is 65.6 Å². The molecule has 0 fully saturated rings. The highest BCUT2D eigenvalue weighted by Crippen LogP contribution is 2.32. The van der Waals surface area contributed by atoms with Gasteiger partial charge < -0.3 is 29.6 Å². The molecule has 3 aromatic carbocycles. The first-order chi connectivity index (χ1) is 16.9. The Labute approximate surface area is 208 Å². The van der Waals surface area contributed by atoms with E-state index in [0.717, 1.165) is 4.90 Å². The monoisotopic (exact) mass is 496 g/mol. The first kappa shape index (κ1) is 25.8. The zero-order chi connectivity index (χ0) is 25.4. The van der Waals surface area contributed by atoms with Crippen LogP contribution in [0, 0.1) is 0 Å². The number of methoxy groups -OCH3 is 4. The summed E-state index contributed by atoms with van der Waals surface area (Å²) < 4.78 is 21.1. The van der Waals surface area contributed by atoms with Crippen LogP contribution in [-0.2, 0) is 4.79 Å². The standard InChI is InChI=1S/C26H28N2O6S/c1-16(25(29)28-21-15-19(31-2)10-12-22(21)32-3)35-20-8-6-7-18(14-20)27-26(30)17-9-11-23(33-4)24(13-17)34-5/h6-16H,1-5H3,(H,27,30)(H,28,29). The number of hydrogen-bond acceptors (Lipinski definition) is 7. The third kappa shape index (κ3) is 6.60. The van der Waals surface area contributed by atoms with Crippen LogP contribution in [-0.4, -0.2) is 45.5 Å². The van der Waals surface area contributed by atoms with Crippen molar-refractivity contribution >= 4 is 35.0 Å². The largest absolute Gasteiger partial charge is 0.497 e. The van der Waals surface area contributed by atoms with Crippen LogP contribution >= 0.6 is 11.8 Å². The van der Waals surface area contributed by atoms with Crippen LogP contribution in [0.25, 0.3) is 0 Å². The number of anilines is 2. The van der Waals surface area contributed by atoms with Crippen molar-refractivity contribution in [2.75, 3.05) is 39.1 Å². The highest BCUT2D eigenvalue weighted by Gasteiger charge is 2.18. The van der Waals surface area contributed by atoms with Gasteiger partial charge >= 0.3 is 0 Å². The molecule has 0 aromatic heterocycles. The van der Waals surface area contributed by atoms with Gasteiger partial charge in [0.25, 0.3) is 5.91 Å². The Bertz CT molecular complexity index is 1200. The van der Waals surface area contributed by atoms with Crippen LogP contribution in [0.4, 0.5) is 11.4 Å². The molecule has 8 nitrogen and oxygen atoms in total. The minimum absolute atomic E-state index is 0.193. The Morgan fingerprint density at radius 2 is 1.49 bits per heavy atom. The van der Waals surface area contributed by atoms with Crippen LogP contribution in [0.2, 0.25) is 0 Å². The summed E-state index contributed by atoms with van der Waals surface area (Å²) in [4.78, 5) is 26.4. The van der Waals surface area contributed by atoms with E-state index in [1.807, 2.05) is 25.1 Å². The van der Waals surface area contributed by atoms with Gasteiger partial charge in [0.1, 0.15) is 11.5 Å². The van der Waals surface area contributed by atoms with Crippen molar-refractivity contribution in [2.45, 2.75) is 17.1 Å². The molecule has 0 bridgehead atoms. The Morgan fingerprint density at radius 3 is 2.17 bits per heavy atom. The second-order valence-corrected chi connectivity index (χ2v) is 8.78. The van der Waals surface area contributed by atoms with Crippen molar-refractivity contribution in [1.29, 1.82) is 0 Å². The molecule has 184 valence electrons. The summed E-state index contributed by atoms with van der Waals surface area (Å²) in [5.41, 5.74) is 1.57. The number of carbonyl (C=O) groups is 2. The minimum atomic E-state index is -0.414. The van der Waals surface area contributed by atoms with E-state index in [2.05, 4.69) is 10.6 Å². The number of benzene rings is 3. The zero-order valence-electron chi connectivity index (χ0n) is 20.2. The lowest BCUT2D eigenvalue weighted by Crippen LogP contribution is -2.22. The van der Waals surface area contributed by atoms with Gasteiger partial charge in [-0.05, 0) is 55.5 Å². The second kappa shape index (κ2) is 12.0. The third-order valence-corrected chi connectivity index (χ3v) is 6.18. The maximum Gasteiger partial charge on any atom is 0.255 e. The molecular formula is C26H28N2O6S. The van der Waals surface area contributed by atoms with E-state index in [0.29, 0.717) is 39.9 Å². The number of amides is 2. The van der Waals surface area contributed by atoms with E-state index in [1.54, 1.807) is 49.6 Å². The number of ether oxygens (including phenoxy) is 4. The molecule has 0 aliphatic rings. The van der Waals surface area contributed by atoms with Crippen molar-refractivity contribution in [2.24, 2.45) is 0 Å². The SMILES string of the molecule is COc1ccc(OC)c(NC(=O)C(C)Sc2cccc(NC(=O)c3ccc(OC)c(OC)c3)c2)c1. The molecule has 9 heteroatoms. The molecule has 3 rings (SSSR count). The Balaban J connectivity index is 1.67. The van der Waals surface area contributed by atoms with Gasteiger partial charge in [-0.15, -0.1) is 11.8 Å². The molecule has 0 saturated carbocycles. The maximum absolute atomic E-state index is 12.8. The molecule has 2 amide bonds. The van der Waals surface area contributed by atoms with E-state index >= 15 is 0 Å². The highest BCUT2D eigenvalue weighted by atomic mass is 32.2. The normalized spacial score (nSPS) is 11.2. The molecule has 0 heterocycles. The summed E-state index contributed by atoms with van der Waals surface area (Å²) in [5, 5.41) is 5.35. The van der Waals surface area contributed by atoms with Crippen molar-refractivity contribution in [3.8, 4) is 23.0 Å². The average molecular weight is 497 g/mol. The molecule has 1 atom stereocenters. The van der Waals surface area contributed by atoms with Crippen molar-refractivity contribution in [3.63, 3.8) is 0 Å². The van der Waals surface area contributed by atoms with Crippen molar-refractivity contribution < 1.29 is 28.5 Å². The van der Waals surface area contributed by atoms with Gasteiger partial charge in [0.2, 0.25) is 5.91 Å². The highest BCUT2D eigenvalue weighted by molar-refractivity contribution is 8.00. The topological polar surface area (TPSA) is 95.1 Å². The van der Waals surface area contributed by atoms with Gasteiger partial charge in [-0.25, -0.2) is 0 Å². The Kier molecular flexibility index (Phi) is 8.86. The number of hydrogen-bond donors (Lipinski definition) is 2. The first-order valence-corrected chi connectivity index (χ1v) is 11.6. The van der Waals surface area contributed by atoms with Gasteiger partial charge in [0.05, 0.1) is 39.4 Å². The number of rotatable bonds is 10. The van der Waals surface area contributed by atoms with Crippen molar-refractivity contribution in [3.05, 3.63) is 66.2 Å². The second-order valence-electron chi connectivity index (χ2n) is 7.37. The lowest BCUT2D eigenvalue weighted by Gasteiger charge is -2.15. The Hall–Kier alpha value is -3.85. The fourth-order valence-corrected chi connectivity index (χ4v) is 4.16. The van der Waals surface area contributed by atoms with Crippen LogP contribution in [0.5, 0.6) is 23.0 Å². The smallest absolute Gasteiger partial charge is 0.255 e. The summed E-state index contributed by atoms with van der Waals surface area (Å²) in [7, 11) is 6.15. The molecule has 0 aliphatic carbocycles. The van der Waals surface area contributed by atoms with E-state index in [-0.39, 0.29) is 11.8 Å². The summed E-state index contributed by atoms with van der Waals surface area (Å²) in [5.74, 6) is 1.68. The van der Waals surface area contributed by atoms with E-state index in [1.165, 1.54) is 33.1 Å². The molecule has 0 aliphatic heterocycles. The lowest BCUT2D eigenvalue weighted by atomic mass is 10.2. The summed E-state index contributed by atoms with van der Waals surface area (Å²) in [6, 6.07) is 17.5. The van der Waals surface area contributed by atoms with Gasteiger partial charge in [0.15, 0.2) is 11.5 Å². The Morgan fingerprint density at radius 1 is 0.771 bits per heavy atom. The molecule has 0 spiro atoms. The minimum Gasteiger partial charge on any atom is -0.497 e. The third-order valence-electron chi connectivity index (χ3n) is 5.08. The average Bonchev–Trinajstić information content (AvgIpc) is 2.88. The first-order valence-electron chi connectivity index (χ1n) is 10.7. The molecule has 0 radical (unpaired) electrons. The van der Waals surface area contributed by atoms with Gasteiger partial charge in [-0.2, -0.15) is 0 Å². The molecule has 0 saturated heterocycles. The van der Waals surface area contributed by atoms with Crippen molar-refractivity contribution in [1.82, 2.24) is 0 Å². The quantitative estimate of drug-likeness (QED) is 0.378. The van der Waals surface area contributed by atoms with E-state index in [4.69, 9.17) is 18.9 Å². The fourth-order valence-electron chi connectivity index (χ4n) is 3.23. The molecule has 3 aromatic rings. The number of nitrogens with one attached hydrogen (secondary N) is 2. The predicted octanol–water partition coefficient (Wildman–Crippen LogP) is 5.09. The van der Waals surface area contributed by atoms with E-state index < -0.39 is 5.25 Å².